The van der Waals surface area contributed by atoms with Crippen molar-refractivity contribution >= 4 is 16.7 Å². The Labute approximate surface area is 136 Å². The van der Waals surface area contributed by atoms with Gasteiger partial charge in [0, 0.05) is 25.2 Å². The van der Waals surface area contributed by atoms with E-state index in [1.54, 1.807) is 14.0 Å². The zero-order chi connectivity index (χ0) is 16.4. The predicted octanol–water partition coefficient (Wildman–Crippen LogP) is 1.92. The molecular weight excluding hydrogens is 292 g/mol. The van der Waals surface area contributed by atoms with Crippen LogP contribution in [0.3, 0.4) is 0 Å². The lowest BCUT2D eigenvalue weighted by atomic mass is 10.00. The molecule has 0 aliphatic carbocycles. The molecule has 1 amide bonds. The molecule has 2 aromatic rings. The van der Waals surface area contributed by atoms with Crippen molar-refractivity contribution in [3.8, 4) is 5.75 Å². The van der Waals surface area contributed by atoms with Crippen molar-refractivity contribution in [2.24, 2.45) is 5.73 Å². The van der Waals surface area contributed by atoms with Crippen molar-refractivity contribution in [3.05, 3.63) is 42.0 Å². The van der Waals surface area contributed by atoms with Gasteiger partial charge < -0.3 is 15.2 Å². The molecule has 1 saturated heterocycles. The van der Waals surface area contributed by atoms with Gasteiger partial charge in [-0.3, -0.25) is 9.69 Å². The molecule has 3 rings (SSSR count). The molecule has 122 valence electrons. The molecule has 23 heavy (non-hydrogen) atoms. The molecule has 2 N–H and O–H groups in total. The number of amides is 1. The summed E-state index contributed by atoms with van der Waals surface area (Å²) in [5.41, 5.74) is 5.68. The van der Waals surface area contributed by atoms with Crippen LogP contribution < -0.4 is 10.5 Å². The average Bonchev–Trinajstić information content (AvgIpc) is 2.55. The summed E-state index contributed by atoms with van der Waals surface area (Å²) >= 11 is 0. The van der Waals surface area contributed by atoms with Gasteiger partial charge in [0.15, 0.2) is 5.60 Å². The van der Waals surface area contributed by atoms with Crippen LogP contribution in [-0.4, -0.2) is 43.2 Å². The van der Waals surface area contributed by atoms with Crippen molar-refractivity contribution in [3.63, 3.8) is 0 Å². The maximum Gasteiger partial charge on any atom is 0.250 e. The number of carbonyl (C=O) groups excluding carboxylic acids is 1. The molecule has 5 nitrogen and oxygen atoms in total. The third-order valence-electron chi connectivity index (χ3n) is 4.47. The number of rotatable bonds is 4. The molecule has 0 radical (unpaired) electrons. The molecule has 0 aromatic heterocycles. The van der Waals surface area contributed by atoms with E-state index in [0.29, 0.717) is 19.7 Å². The van der Waals surface area contributed by atoms with E-state index < -0.39 is 11.5 Å². The third-order valence-corrected chi connectivity index (χ3v) is 4.47. The third kappa shape index (κ3) is 3.02. The van der Waals surface area contributed by atoms with E-state index >= 15 is 0 Å². The average molecular weight is 314 g/mol. The molecule has 1 aliphatic heterocycles. The number of hydrogen-bond acceptors (Lipinski definition) is 4. The molecule has 2 aromatic carbocycles. The number of ether oxygens (including phenoxy) is 2. The van der Waals surface area contributed by atoms with Gasteiger partial charge in [0.05, 0.1) is 13.7 Å². The standard InChI is InChI=1S/C18H22N2O3/c1-18(17(19)21)12-20(9-10-23-18)11-15-14-6-4-3-5-13(14)7-8-16(15)22-2/h3-8H,9-12H2,1-2H3,(H2,19,21)/t18-/m0/s1. The van der Waals surface area contributed by atoms with Crippen LogP contribution in [-0.2, 0) is 16.1 Å². The van der Waals surface area contributed by atoms with Gasteiger partial charge in [-0.2, -0.15) is 0 Å². The fourth-order valence-electron chi connectivity index (χ4n) is 3.13. The van der Waals surface area contributed by atoms with E-state index in [0.717, 1.165) is 17.9 Å². The van der Waals surface area contributed by atoms with E-state index in [-0.39, 0.29) is 0 Å². The van der Waals surface area contributed by atoms with Crippen LogP contribution in [0.2, 0.25) is 0 Å². The Morgan fingerprint density at radius 3 is 2.87 bits per heavy atom. The topological polar surface area (TPSA) is 64.8 Å². The van der Waals surface area contributed by atoms with E-state index in [2.05, 4.69) is 23.1 Å². The Morgan fingerprint density at radius 2 is 2.13 bits per heavy atom. The first-order valence-electron chi connectivity index (χ1n) is 7.74. The van der Waals surface area contributed by atoms with Crippen LogP contribution in [0.15, 0.2) is 36.4 Å². The molecule has 0 bridgehead atoms. The zero-order valence-corrected chi connectivity index (χ0v) is 13.5. The Morgan fingerprint density at radius 1 is 1.35 bits per heavy atom. The molecule has 0 saturated carbocycles. The van der Waals surface area contributed by atoms with E-state index in [9.17, 15) is 4.79 Å². The maximum atomic E-state index is 11.7. The number of nitrogens with two attached hydrogens (primary N) is 1. The highest BCUT2D eigenvalue weighted by atomic mass is 16.5. The molecular formula is C18H22N2O3. The van der Waals surface area contributed by atoms with Gasteiger partial charge in [0.25, 0.3) is 5.91 Å². The number of fused-ring (bicyclic) bond motifs is 1. The van der Waals surface area contributed by atoms with Gasteiger partial charge in [-0.1, -0.05) is 30.3 Å². The zero-order valence-electron chi connectivity index (χ0n) is 13.5. The number of methoxy groups -OCH3 is 1. The van der Waals surface area contributed by atoms with Crippen LogP contribution in [0.4, 0.5) is 0 Å². The maximum absolute atomic E-state index is 11.7. The fourth-order valence-corrected chi connectivity index (χ4v) is 3.13. The highest BCUT2D eigenvalue weighted by Gasteiger charge is 2.37. The molecule has 0 spiro atoms. The van der Waals surface area contributed by atoms with Gasteiger partial charge in [0.2, 0.25) is 0 Å². The smallest absolute Gasteiger partial charge is 0.250 e. The Bertz CT molecular complexity index is 731. The van der Waals surface area contributed by atoms with Gasteiger partial charge in [-0.05, 0) is 23.8 Å². The van der Waals surface area contributed by atoms with Crippen LogP contribution in [0.5, 0.6) is 5.75 Å². The summed E-state index contributed by atoms with van der Waals surface area (Å²) in [6, 6.07) is 12.3. The summed E-state index contributed by atoms with van der Waals surface area (Å²) in [6.07, 6.45) is 0. The second kappa shape index (κ2) is 6.18. The summed E-state index contributed by atoms with van der Waals surface area (Å²) in [4.78, 5) is 13.8. The van der Waals surface area contributed by atoms with Crippen molar-refractivity contribution < 1.29 is 14.3 Å². The lowest BCUT2D eigenvalue weighted by Crippen LogP contribution is -2.56. The van der Waals surface area contributed by atoms with Crippen LogP contribution >= 0.6 is 0 Å². The van der Waals surface area contributed by atoms with Crippen molar-refractivity contribution in [2.75, 3.05) is 26.8 Å². The molecule has 1 aliphatic rings. The number of benzene rings is 2. The van der Waals surface area contributed by atoms with Gasteiger partial charge in [-0.15, -0.1) is 0 Å². The predicted molar refractivity (Wildman–Crippen MR) is 89.3 cm³/mol. The highest BCUT2D eigenvalue weighted by molar-refractivity contribution is 5.87. The first-order valence-corrected chi connectivity index (χ1v) is 7.74. The minimum Gasteiger partial charge on any atom is -0.496 e. The van der Waals surface area contributed by atoms with E-state index in [4.69, 9.17) is 15.2 Å². The molecule has 5 heteroatoms. The molecule has 1 heterocycles. The van der Waals surface area contributed by atoms with Crippen LogP contribution in [0.1, 0.15) is 12.5 Å². The summed E-state index contributed by atoms with van der Waals surface area (Å²) < 4.78 is 11.1. The molecule has 0 unspecified atom stereocenters. The van der Waals surface area contributed by atoms with Crippen LogP contribution in [0, 0.1) is 0 Å². The number of hydrogen-bond donors (Lipinski definition) is 1. The number of morpholine rings is 1. The van der Waals surface area contributed by atoms with Crippen LogP contribution in [0.25, 0.3) is 10.8 Å². The minimum absolute atomic E-state index is 0.424. The van der Waals surface area contributed by atoms with Crippen molar-refractivity contribution in [2.45, 2.75) is 19.1 Å². The Balaban J connectivity index is 1.93. The minimum atomic E-state index is -0.934. The van der Waals surface area contributed by atoms with Gasteiger partial charge in [0.1, 0.15) is 5.75 Å². The van der Waals surface area contributed by atoms with Gasteiger partial charge >= 0.3 is 0 Å². The van der Waals surface area contributed by atoms with E-state index in [1.807, 2.05) is 18.2 Å². The van der Waals surface area contributed by atoms with Crippen molar-refractivity contribution in [1.82, 2.24) is 4.90 Å². The second-order valence-electron chi connectivity index (χ2n) is 6.12. The largest absolute Gasteiger partial charge is 0.496 e. The second-order valence-corrected chi connectivity index (χ2v) is 6.12. The van der Waals surface area contributed by atoms with E-state index in [1.165, 1.54) is 10.8 Å². The van der Waals surface area contributed by atoms with Gasteiger partial charge in [-0.25, -0.2) is 0 Å². The fraction of sp³-hybridized carbons (Fsp3) is 0.389. The SMILES string of the molecule is COc1ccc2ccccc2c1CN1CCO[C@](C)(C(N)=O)C1. The summed E-state index contributed by atoms with van der Waals surface area (Å²) in [5.74, 6) is 0.433. The highest BCUT2D eigenvalue weighted by Crippen LogP contribution is 2.30. The monoisotopic (exact) mass is 314 g/mol. The lowest BCUT2D eigenvalue weighted by Gasteiger charge is -2.38. The molecule has 1 fully saturated rings. The Hall–Kier alpha value is -2.11. The quantitative estimate of drug-likeness (QED) is 0.936. The van der Waals surface area contributed by atoms with Crippen molar-refractivity contribution in [1.29, 1.82) is 0 Å². The normalized spacial score (nSPS) is 22.2. The summed E-state index contributed by atoms with van der Waals surface area (Å²) in [5, 5.41) is 2.34. The first kappa shape index (κ1) is 15.8. The number of nitrogens with zero attached hydrogens (tertiary/aromatic N) is 1. The lowest BCUT2D eigenvalue weighted by molar-refractivity contribution is -0.153. The number of carbonyl (C=O) groups is 1. The molecule has 1 atom stereocenters. The summed E-state index contributed by atoms with van der Waals surface area (Å²) in [7, 11) is 1.68. The summed E-state index contributed by atoms with van der Waals surface area (Å²) in [6.45, 7) is 4.18. The number of primary amides is 1. The first-order chi connectivity index (χ1) is 11.0. The Kier molecular flexibility index (Phi) is 4.24.